The van der Waals surface area contributed by atoms with E-state index in [9.17, 15) is 9.59 Å². The van der Waals surface area contributed by atoms with Crippen LogP contribution in [-0.2, 0) is 16.0 Å². The molecule has 0 saturated carbocycles. The van der Waals surface area contributed by atoms with Gasteiger partial charge < -0.3 is 35.3 Å². The first-order chi connectivity index (χ1) is 20.3. The number of carbonyl (C=O) groups excluding carboxylic acids is 2. The van der Waals surface area contributed by atoms with Crippen molar-refractivity contribution in [3.63, 3.8) is 0 Å². The number of fused-ring (bicyclic) bond motifs is 1. The zero-order valence-corrected chi connectivity index (χ0v) is 24.5. The van der Waals surface area contributed by atoms with E-state index in [4.69, 9.17) is 21.1 Å². The minimum absolute atomic E-state index is 0.184. The molecule has 4 N–H and O–H groups in total. The summed E-state index contributed by atoms with van der Waals surface area (Å²) in [5.74, 6) is 6.58. The molecular formula is C31H33ClN6O4. The van der Waals surface area contributed by atoms with E-state index in [0.717, 1.165) is 11.3 Å². The number of likely N-dealkylation sites (N-methyl/N-ethyl adjacent to an activating group) is 1. The Kier molecular flexibility index (Phi) is 8.83. The Morgan fingerprint density at radius 1 is 1.33 bits per heavy atom. The van der Waals surface area contributed by atoms with Crippen molar-refractivity contribution in [3.05, 3.63) is 70.7 Å². The Balaban J connectivity index is 1.54. The predicted molar refractivity (Wildman–Crippen MR) is 162 cm³/mol. The van der Waals surface area contributed by atoms with Crippen LogP contribution in [0, 0.1) is 11.8 Å². The molecule has 5 rings (SSSR count). The summed E-state index contributed by atoms with van der Waals surface area (Å²) in [6, 6.07) is 7.23. The smallest absolute Gasteiger partial charge is 0.255 e. The third-order valence-electron chi connectivity index (χ3n) is 7.05. The second-order valence-electron chi connectivity index (χ2n) is 10.4. The molecule has 218 valence electrons. The number of carbonyl (C=O) groups is 2. The van der Waals surface area contributed by atoms with Crippen molar-refractivity contribution < 1.29 is 19.1 Å². The van der Waals surface area contributed by atoms with Crippen molar-refractivity contribution in [3.8, 4) is 28.8 Å². The molecule has 11 heteroatoms. The summed E-state index contributed by atoms with van der Waals surface area (Å²) in [5, 5.41) is 9.81. The number of anilines is 2. The number of aromatic nitrogens is 2. The number of amides is 2. The summed E-state index contributed by atoms with van der Waals surface area (Å²) >= 11 is 6.39. The highest BCUT2D eigenvalue weighted by Crippen LogP contribution is 2.41. The van der Waals surface area contributed by atoms with Crippen LogP contribution in [0.2, 0.25) is 5.02 Å². The van der Waals surface area contributed by atoms with Gasteiger partial charge in [-0.3, -0.25) is 14.6 Å². The maximum Gasteiger partial charge on any atom is 0.255 e. The Morgan fingerprint density at radius 2 is 2.19 bits per heavy atom. The van der Waals surface area contributed by atoms with Crippen LogP contribution in [0.1, 0.15) is 28.0 Å². The van der Waals surface area contributed by atoms with Gasteiger partial charge in [-0.15, -0.1) is 0 Å². The number of para-hydroxylation sites is 1. The average molecular weight is 589 g/mol. The SMILES string of the molecule is COc1c(Cl)cccc1Nc1c(-c2ccncc2C#C[C@@]2(NC(=O)/C=C/CN(C)C)CCOC2)[nH]c2c1C(=O)NCC2. The molecule has 2 aromatic heterocycles. The number of H-pyrrole nitrogens is 1. The zero-order chi connectivity index (χ0) is 29.7. The zero-order valence-electron chi connectivity index (χ0n) is 23.8. The molecule has 4 heterocycles. The molecule has 1 fully saturated rings. The predicted octanol–water partition coefficient (Wildman–Crippen LogP) is 3.51. The van der Waals surface area contributed by atoms with Crippen molar-refractivity contribution in [2.75, 3.05) is 52.8 Å². The summed E-state index contributed by atoms with van der Waals surface area (Å²) in [7, 11) is 5.42. The van der Waals surface area contributed by atoms with E-state index in [1.165, 1.54) is 6.08 Å². The molecule has 42 heavy (non-hydrogen) atoms. The first-order valence-corrected chi connectivity index (χ1v) is 14.0. The minimum Gasteiger partial charge on any atom is -0.493 e. The first kappa shape index (κ1) is 29.2. The molecule has 0 spiro atoms. The molecule has 10 nitrogen and oxygen atoms in total. The number of hydrogen-bond acceptors (Lipinski definition) is 7. The molecule has 2 amide bonds. The lowest BCUT2D eigenvalue weighted by Crippen LogP contribution is -2.47. The Labute approximate surface area is 249 Å². The standard InChI is InChI=1S/C31H33ClN6O4/c1-38(2)16-5-8-25(39)37-31(13-17-42-19-31)12-9-20-18-33-14-10-21(20)27-28(26-23(35-27)11-15-34-30(26)40)36-24-7-4-6-22(32)29(24)41-3/h4-8,10,14,18,35-36H,11,13,15-17,19H2,1-3H3,(H,34,40)(H,37,39)/b8-5+/t31-/m1/s1. The van der Waals surface area contributed by atoms with Gasteiger partial charge in [0.1, 0.15) is 5.54 Å². The van der Waals surface area contributed by atoms with Crippen molar-refractivity contribution >= 4 is 34.8 Å². The lowest BCUT2D eigenvalue weighted by atomic mass is 9.97. The fraction of sp³-hybridized carbons (Fsp3) is 0.323. The van der Waals surface area contributed by atoms with Gasteiger partial charge in [-0.1, -0.05) is 35.6 Å². The number of benzene rings is 1. The Morgan fingerprint density at radius 3 is 2.95 bits per heavy atom. The number of ether oxygens (including phenoxy) is 2. The number of hydrogen-bond donors (Lipinski definition) is 4. The number of aromatic amines is 1. The molecule has 1 aromatic carbocycles. The minimum atomic E-state index is -0.837. The van der Waals surface area contributed by atoms with Crippen LogP contribution in [0.4, 0.5) is 11.4 Å². The molecule has 0 bridgehead atoms. The van der Waals surface area contributed by atoms with Crippen molar-refractivity contribution in [1.82, 2.24) is 25.5 Å². The van der Waals surface area contributed by atoms with Gasteiger partial charge in [0, 0.05) is 55.7 Å². The molecule has 2 aliphatic heterocycles. The Hall–Kier alpha value is -4.30. The number of nitrogens with zero attached hydrogens (tertiary/aromatic N) is 2. The second-order valence-corrected chi connectivity index (χ2v) is 10.8. The molecule has 0 unspecified atom stereocenters. The molecule has 0 aliphatic carbocycles. The highest BCUT2D eigenvalue weighted by molar-refractivity contribution is 6.32. The molecule has 2 aliphatic rings. The number of pyridine rings is 1. The van der Waals surface area contributed by atoms with Crippen LogP contribution < -0.4 is 20.7 Å². The summed E-state index contributed by atoms with van der Waals surface area (Å²) in [5.41, 5.74) is 3.73. The van der Waals surface area contributed by atoms with E-state index >= 15 is 0 Å². The largest absolute Gasteiger partial charge is 0.493 e. The van der Waals surface area contributed by atoms with Gasteiger partial charge in [-0.05, 0) is 32.3 Å². The normalized spacial score (nSPS) is 17.9. The third-order valence-corrected chi connectivity index (χ3v) is 7.34. The van der Waals surface area contributed by atoms with Gasteiger partial charge in [-0.2, -0.15) is 0 Å². The second kappa shape index (κ2) is 12.7. The van der Waals surface area contributed by atoms with Crippen LogP contribution in [0.3, 0.4) is 0 Å². The average Bonchev–Trinajstić information content (AvgIpc) is 3.58. The van der Waals surface area contributed by atoms with Crippen molar-refractivity contribution in [2.45, 2.75) is 18.4 Å². The molecule has 1 saturated heterocycles. The monoisotopic (exact) mass is 588 g/mol. The number of methoxy groups -OCH3 is 1. The van der Waals surface area contributed by atoms with Gasteiger partial charge in [0.2, 0.25) is 5.91 Å². The lowest BCUT2D eigenvalue weighted by molar-refractivity contribution is -0.117. The maximum atomic E-state index is 13.1. The third kappa shape index (κ3) is 6.29. The van der Waals surface area contributed by atoms with Crippen LogP contribution in [0.15, 0.2) is 48.8 Å². The van der Waals surface area contributed by atoms with Gasteiger partial charge in [0.15, 0.2) is 5.75 Å². The lowest BCUT2D eigenvalue weighted by Gasteiger charge is -2.22. The summed E-state index contributed by atoms with van der Waals surface area (Å²) in [6.07, 6.45) is 7.87. The molecule has 3 aromatic rings. The van der Waals surface area contributed by atoms with Gasteiger partial charge >= 0.3 is 0 Å². The number of halogens is 1. The van der Waals surface area contributed by atoms with E-state index < -0.39 is 5.54 Å². The maximum absolute atomic E-state index is 13.1. The van der Waals surface area contributed by atoms with Gasteiger partial charge in [0.05, 0.1) is 53.5 Å². The topological polar surface area (TPSA) is 121 Å². The van der Waals surface area contributed by atoms with Crippen LogP contribution in [-0.4, -0.2) is 79.7 Å². The van der Waals surface area contributed by atoms with Crippen LogP contribution in [0.5, 0.6) is 5.75 Å². The molecule has 1 atom stereocenters. The summed E-state index contributed by atoms with van der Waals surface area (Å²) in [4.78, 5) is 35.5. The highest BCUT2D eigenvalue weighted by Gasteiger charge is 2.34. The highest BCUT2D eigenvalue weighted by atomic mass is 35.5. The van der Waals surface area contributed by atoms with Gasteiger partial charge in [0.25, 0.3) is 5.91 Å². The molecule has 0 radical (unpaired) electrons. The quantitative estimate of drug-likeness (QED) is 0.235. The van der Waals surface area contributed by atoms with Crippen molar-refractivity contribution in [2.24, 2.45) is 0 Å². The fourth-order valence-corrected chi connectivity index (χ4v) is 5.25. The molecular weight excluding hydrogens is 556 g/mol. The van der Waals surface area contributed by atoms with Crippen LogP contribution >= 0.6 is 11.6 Å². The van der Waals surface area contributed by atoms with Gasteiger partial charge in [-0.25, -0.2) is 0 Å². The van der Waals surface area contributed by atoms with E-state index in [1.54, 1.807) is 31.6 Å². The Bertz CT molecular complexity index is 1580. The fourth-order valence-electron chi connectivity index (χ4n) is 5.00. The van der Waals surface area contributed by atoms with Crippen LogP contribution in [0.25, 0.3) is 11.3 Å². The summed E-state index contributed by atoms with van der Waals surface area (Å²) in [6.45, 7) is 1.95. The van der Waals surface area contributed by atoms with E-state index in [0.29, 0.717) is 71.5 Å². The summed E-state index contributed by atoms with van der Waals surface area (Å²) < 4.78 is 11.2. The van der Waals surface area contributed by atoms with Crippen molar-refractivity contribution in [1.29, 1.82) is 0 Å². The van der Waals surface area contributed by atoms with E-state index in [1.807, 2.05) is 37.2 Å². The number of nitrogens with one attached hydrogen (secondary N) is 4. The number of rotatable bonds is 8. The van der Waals surface area contributed by atoms with E-state index in [2.05, 4.69) is 37.8 Å². The van der Waals surface area contributed by atoms with E-state index in [-0.39, 0.29) is 18.4 Å². The first-order valence-electron chi connectivity index (χ1n) is 13.6.